The van der Waals surface area contributed by atoms with E-state index in [4.69, 9.17) is 14.6 Å². The van der Waals surface area contributed by atoms with Gasteiger partial charge in [-0.3, -0.25) is 14.4 Å². The third-order valence-electron chi connectivity index (χ3n) is 9.47. The lowest BCUT2D eigenvalue weighted by atomic mass is 9.85. The van der Waals surface area contributed by atoms with E-state index in [0.29, 0.717) is 26.2 Å². The largest absolute Gasteiger partial charge is 0.481 e. The molecule has 0 aromatic heterocycles. The Hall–Kier alpha value is -4.29. The standard InChI is InChI=1S/C36H42N4O7/c41-23-26-8-10-27(11-9-26)31-20-30(46-34(47-31)28-12-6-25(7-13-28)21-37-32(42)14-15-33(43)44)22-39-18-16-36(17-19-39)35(45)38-24-40(36)29-4-2-1-3-5-29/h1-13,30-31,34,41H,14-24H2,(H,37,42)(H,38,45)(H,43,44)/t30-,31+,34+/m0/s1. The van der Waals surface area contributed by atoms with Crippen molar-refractivity contribution in [1.29, 1.82) is 0 Å². The molecule has 2 amide bonds. The molecule has 3 aromatic rings. The molecule has 0 aliphatic carbocycles. The Balaban J connectivity index is 1.12. The van der Waals surface area contributed by atoms with E-state index in [0.717, 1.165) is 53.9 Å². The van der Waals surface area contributed by atoms with E-state index in [1.165, 1.54) is 0 Å². The summed E-state index contributed by atoms with van der Waals surface area (Å²) >= 11 is 0. The normalized spacial score (nSPS) is 22.6. The summed E-state index contributed by atoms with van der Waals surface area (Å²) in [4.78, 5) is 40.5. The SMILES string of the molecule is O=C(O)CCC(=O)NCc1ccc([C@@H]2O[C@H](CN3CCC4(CC3)C(=O)NCN4c3ccccc3)C[C@H](c3ccc(CO)cc3)O2)cc1. The number of likely N-dealkylation sites (tertiary alicyclic amines) is 1. The van der Waals surface area contributed by atoms with E-state index in [9.17, 15) is 19.5 Å². The smallest absolute Gasteiger partial charge is 0.303 e. The molecule has 6 rings (SSSR count). The number of carboxylic acids is 1. The molecular formula is C36H42N4O7. The summed E-state index contributed by atoms with van der Waals surface area (Å²) in [7, 11) is 0. The second kappa shape index (κ2) is 14.6. The number of carboxylic acid groups (broad SMARTS) is 1. The zero-order valence-corrected chi connectivity index (χ0v) is 26.3. The number of carbonyl (C=O) groups excluding carboxylic acids is 2. The van der Waals surface area contributed by atoms with Crippen molar-refractivity contribution in [3.05, 3.63) is 101 Å². The van der Waals surface area contributed by atoms with Crippen LogP contribution in [0.5, 0.6) is 0 Å². The number of nitrogens with one attached hydrogen (secondary N) is 2. The quantitative estimate of drug-likeness (QED) is 0.247. The number of hydrogen-bond acceptors (Lipinski definition) is 8. The molecule has 1 spiro atoms. The van der Waals surface area contributed by atoms with Crippen molar-refractivity contribution >= 4 is 23.5 Å². The molecule has 11 nitrogen and oxygen atoms in total. The third-order valence-corrected chi connectivity index (χ3v) is 9.47. The van der Waals surface area contributed by atoms with Gasteiger partial charge in [0.1, 0.15) is 5.54 Å². The first kappa shape index (κ1) is 32.6. The van der Waals surface area contributed by atoms with E-state index in [-0.39, 0.29) is 43.5 Å². The number of benzene rings is 3. The summed E-state index contributed by atoms with van der Waals surface area (Å²) in [5.41, 5.74) is 4.08. The van der Waals surface area contributed by atoms with Crippen molar-refractivity contribution in [3.63, 3.8) is 0 Å². The number of amides is 2. The van der Waals surface area contributed by atoms with E-state index in [2.05, 4.69) is 32.6 Å². The molecule has 11 heteroatoms. The number of aliphatic hydroxyl groups is 1. The van der Waals surface area contributed by atoms with Crippen molar-refractivity contribution in [2.24, 2.45) is 0 Å². The van der Waals surface area contributed by atoms with Gasteiger partial charge in [0.25, 0.3) is 0 Å². The van der Waals surface area contributed by atoms with Gasteiger partial charge in [0.15, 0.2) is 6.29 Å². The highest BCUT2D eigenvalue weighted by atomic mass is 16.7. The number of hydrogen-bond donors (Lipinski definition) is 4. The van der Waals surface area contributed by atoms with Gasteiger partial charge in [-0.05, 0) is 41.7 Å². The Morgan fingerprint density at radius 3 is 2.26 bits per heavy atom. The van der Waals surface area contributed by atoms with Crippen LogP contribution in [0.1, 0.15) is 66.8 Å². The van der Waals surface area contributed by atoms with Gasteiger partial charge >= 0.3 is 5.97 Å². The lowest BCUT2D eigenvalue weighted by Crippen LogP contribution is -2.57. The van der Waals surface area contributed by atoms with Crippen LogP contribution in [0.2, 0.25) is 0 Å². The van der Waals surface area contributed by atoms with Crippen molar-refractivity contribution in [3.8, 4) is 0 Å². The van der Waals surface area contributed by atoms with Crippen molar-refractivity contribution in [2.75, 3.05) is 31.2 Å². The summed E-state index contributed by atoms with van der Waals surface area (Å²) in [6.45, 7) is 3.02. The molecule has 248 valence electrons. The van der Waals surface area contributed by atoms with Gasteiger partial charge in [0.05, 0.1) is 31.9 Å². The van der Waals surface area contributed by atoms with Crippen LogP contribution in [0.3, 0.4) is 0 Å². The van der Waals surface area contributed by atoms with Crippen LogP contribution >= 0.6 is 0 Å². The highest BCUT2D eigenvalue weighted by Crippen LogP contribution is 2.40. The lowest BCUT2D eigenvalue weighted by Gasteiger charge is -2.45. The van der Waals surface area contributed by atoms with Crippen LogP contribution in [0.25, 0.3) is 0 Å². The predicted molar refractivity (Wildman–Crippen MR) is 174 cm³/mol. The van der Waals surface area contributed by atoms with Crippen molar-refractivity contribution in [2.45, 2.75) is 69.3 Å². The number of aliphatic hydroxyl groups excluding tert-OH is 1. The molecule has 3 aromatic carbocycles. The van der Waals surface area contributed by atoms with E-state index in [1.807, 2.05) is 66.7 Å². The van der Waals surface area contributed by atoms with Gasteiger partial charge in [-0.25, -0.2) is 0 Å². The van der Waals surface area contributed by atoms with Gasteiger partial charge in [0.2, 0.25) is 11.8 Å². The second-order valence-electron chi connectivity index (χ2n) is 12.5. The predicted octanol–water partition coefficient (Wildman–Crippen LogP) is 3.63. The molecule has 3 saturated heterocycles. The summed E-state index contributed by atoms with van der Waals surface area (Å²) in [5.74, 6) is -1.21. The average molecular weight is 643 g/mol. The molecule has 3 atom stereocenters. The van der Waals surface area contributed by atoms with E-state index in [1.54, 1.807) is 0 Å². The third kappa shape index (κ3) is 7.65. The van der Waals surface area contributed by atoms with E-state index >= 15 is 0 Å². The van der Waals surface area contributed by atoms with Gasteiger partial charge in [-0.1, -0.05) is 66.7 Å². The topological polar surface area (TPSA) is 141 Å². The number of carbonyl (C=O) groups is 3. The first-order chi connectivity index (χ1) is 22.8. The first-order valence-corrected chi connectivity index (χ1v) is 16.2. The molecule has 3 aliphatic heterocycles. The van der Waals surface area contributed by atoms with Gasteiger partial charge in [-0.15, -0.1) is 0 Å². The number of piperidine rings is 1. The zero-order valence-electron chi connectivity index (χ0n) is 26.3. The molecule has 3 heterocycles. The minimum atomic E-state index is -1.00. The Bertz CT molecular complexity index is 1530. The maximum Gasteiger partial charge on any atom is 0.303 e. The Morgan fingerprint density at radius 2 is 1.57 bits per heavy atom. The summed E-state index contributed by atoms with van der Waals surface area (Å²) in [6, 6.07) is 25.6. The summed E-state index contributed by atoms with van der Waals surface area (Å²) in [5, 5.41) is 24.2. The highest BCUT2D eigenvalue weighted by Gasteiger charge is 2.50. The number of aliphatic carboxylic acids is 1. The number of rotatable bonds is 11. The van der Waals surface area contributed by atoms with Crippen LogP contribution in [-0.2, 0) is 37.0 Å². The van der Waals surface area contributed by atoms with Gasteiger partial charge in [0, 0.05) is 50.3 Å². The summed E-state index contributed by atoms with van der Waals surface area (Å²) < 4.78 is 13.1. The molecule has 0 bridgehead atoms. The first-order valence-electron chi connectivity index (χ1n) is 16.2. The van der Waals surface area contributed by atoms with Gasteiger partial charge in [-0.2, -0.15) is 0 Å². The fraction of sp³-hybridized carbons (Fsp3) is 0.417. The molecule has 47 heavy (non-hydrogen) atoms. The fourth-order valence-corrected chi connectivity index (χ4v) is 6.76. The Morgan fingerprint density at radius 1 is 0.894 bits per heavy atom. The molecule has 3 fully saturated rings. The lowest BCUT2D eigenvalue weighted by molar-refractivity contribution is -0.253. The molecule has 0 unspecified atom stereocenters. The van der Waals surface area contributed by atoms with E-state index < -0.39 is 17.8 Å². The molecular weight excluding hydrogens is 600 g/mol. The summed E-state index contributed by atoms with van der Waals surface area (Å²) in [6.07, 6.45) is 0.892. The van der Waals surface area contributed by atoms with Crippen molar-refractivity contribution < 1.29 is 34.1 Å². The average Bonchev–Trinajstić information content (AvgIpc) is 3.42. The highest BCUT2D eigenvalue weighted by molar-refractivity contribution is 5.93. The van der Waals surface area contributed by atoms with Crippen LogP contribution in [-0.4, -0.2) is 70.8 Å². The Kier molecular flexibility index (Phi) is 10.2. The maximum absolute atomic E-state index is 13.2. The van der Waals surface area contributed by atoms with Gasteiger partial charge < -0.3 is 40.1 Å². The van der Waals surface area contributed by atoms with Crippen LogP contribution in [0, 0.1) is 0 Å². The molecule has 3 aliphatic rings. The molecule has 0 radical (unpaired) electrons. The van der Waals surface area contributed by atoms with Crippen LogP contribution in [0.15, 0.2) is 78.9 Å². The second-order valence-corrected chi connectivity index (χ2v) is 12.5. The Labute approximate surface area is 274 Å². The van der Waals surface area contributed by atoms with Crippen molar-refractivity contribution in [1.82, 2.24) is 15.5 Å². The fourth-order valence-electron chi connectivity index (χ4n) is 6.76. The monoisotopic (exact) mass is 642 g/mol. The minimum Gasteiger partial charge on any atom is -0.481 e. The zero-order chi connectivity index (χ0) is 32.8. The number of para-hydroxylation sites is 1. The molecule has 0 saturated carbocycles. The van der Waals surface area contributed by atoms with Crippen LogP contribution in [0.4, 0.5) is 5.69 Å². The maximum atomic E-state index is 13.2. The molecule has 4 N–H and O–H groups in total. The van der Waals surface area contributed by atoms with Crippen LogP contribution < -0.4 is 15.5 Å². The minimum absolute atomic E-state index is 0.0251. The number of ether oxygens (including phenoxy) is 2. The number of nitrogens with zero attached hydrogens (tertiary/aromatic N) is 2. The number of anilines is 1.